The molecule has 5 nitrogen and oxygen atoms in total. The Kier molecular flexibility index (Phi) is 5.78. The maximum atomic E-state index is 12.5. The third kappa shape index (κ3) is 3.96. The van der Waals surface area contributed by atoms with Gasteiger partial charge < -0.3 is 10.8 Å². The zero-order chi connectivity index (χ0) is 16.3. The van der Waals surface area contributed by atoms with E-state index in [4.69, 9.17) is 5.73 Å². The van der Waals surface area contributed by atoms with Crippen molar-refractivity contribution in [3.8, 4) is 0 Å². The van der Waals surface area contributed by atoms with E-state index in [0.717, 1.165) is 5.56 Å². The highest BCUT2D eigenvalue weighted by Crippen LogP contribution is 2.27. The lowest BCUT2D eigenvalue weighted by atomic mass is 9.84. The van der Waals surface area contributed by atoms with Crippen molar-refractivity contribution in [1.29, 1.82) is 0 Å². The zero-order valence-corrected chi connectivity index (χ0v) is 14.0. The summed E-state index contributed by atoms with van der Waals surface area (Å²) < 4.78 is 27.6. The van der Waals surface area contributed by atoms with Gasteiger partial charge in [0.25, 0.3) is 0 Å². The lowest BCUT2D eigenvalue weighted by Crippen LogP contribution is -2.39. The van der Waals surface area contributed by atoms with E-state index in [9.17, 15) is 13.5 Å². The van der Waals surface area contributed by atoms with Gasteiger partial charge in [-0.25, -0.2) is 13.1 Å². The minimum Gasteiger partial charge on any atom is -0.399 e. The van der Waals surface area contributed by atoms with E-state index in [2.05, 4.69) is 4.72 Å². The van der Waals surface area contributed by atoms with E-state index < -0.39 is 15.4 Å². The normalized spacial score (nSPS) is 12.6. The quantitative estimate of drug-likeness (QED) is 0.671. The Hall–Kier alpha value is -1.11. The van der Waals surface area contributed by atoms with E-state index >= 15 is 0 Å². The number of nitrogens with two attached hydrogens (primary N) is 1. The van der Waals surface area contributed by atoms with Gasteiger partial charge in [-0.1, -0.05) is 13.8 Å². The number of anilines is 1. The van der Waals surface area contributed by atoms with Crippen LogP contribution in [0.4, 0.5) is 5.69 Å². The van der Waals surface area contributed by atoms with Crippen molar-refractivity contribution in [3.05, 3.63) is 23.3 Å². The van der Waals surface area contributed by atoms with E-state index in [1.807, 2.05) is 20.8 Å². The zero-order valence-electron chi connectivity index (χ0n) is 13.2. The first-order valence-electron chi connectivity index (χ1n) is 7.18. The van der Waals surface area contributed by atoms with Crippen LogP contribution in [0.2, 0.25) is 0 Å². The molecule has 0 aliphatic carbocycles. The van der Waals surface area contributed by atoms with Crippen LogP contribution in [-0.4, -0.2) is 26.7 Å². The number of aliphatic hydroxyl groups is 1. The van der Waals surface area contributed by atoms with Gasteiger partial charge >= 0.3 is 0 Å². The van der Waals surface area contributed by atoms with Crippen LogP contribution < -0.4 is 10.5 Å². The molecule has 0 aliphatic heterocycles. The summed E-state index contributed by atoms with van der Waals surface area (Å²) in [5.74, 6) is 0. The molecule has 0 fully saturated rings. The lowest BCUT2D eigenvalue weighted by molar-refractivity contribution is 0.119. The maximum Gasteiger partial charge on any atom is 0.240 e. The molecule has 4 N–H and O–H groups in total. The van der Waals surface area contributed by atoms with Crippen LogP contribution in [0.25, 0.3) is 0 Å². The van der Waals surface area contributed by atoms with Crippen LogP contribution in [0.15, 0.2) is 17.0 Å². The molecule has 1 rings (SSSR count). The van der Waals surface area contributed by atoms with Gasteiger partial charge in [0.05, 0.1) is 4.90 Å². The molecule has 0 saturated heterocycles. The maximum absolute atomic E-state index is 12.5. The minimum atomic E-state index is -3.64. The minimum absolute atomic E-state index is 0.0442. The van der Waals surface area contributed by atoms with E-state index in [0.29, 0.717) is 24.1 Å². The second-order valence-corrected chi connectivity index (χ2v) is 7.39. The van der Waals surface area contributed by atoms with Crippen LogP contribution in [0, 0.1) is 19.3 Å². The van der Waals surface area contributed by atoms with Crippen LogP contribution >= 0.6 is 0 Å². The molecule has 1 aromatic carbocycles. The van der Waals surface area contributed by atoms with E-state index in [1.165, 1.54) is 6.07 Å². The summed E-state index contributed by atoms with van der Waals surface area (Å²) in [6.07, 6.45) is 1.41. The fourth-order valence-corrected chi connectivity index (χ4v) is 3.75. The van der Waals surface area contributed by atoms with Gasteiger partial charge in [0.15, 0.2) is 0 Å². The number of nitrogen functional groups attached to an aromatic ring is 1. The molecule has 0 heterocycles. The van der Waals surface area contributed by atoms with Crippen molar-refractivity contribution in [2.45, 2.75) is 45.4 Å². The third-order valence-electron chi connectivity index (χ3n) is 4.40. The Morgan fingerprint density at radius 3 is 2.29 bits per heavy atom. The number of hydrogen-bond acceptors (Lipinski definition) is 4. The van der Waals surface area contributed by atoms with Crippen molar-refractivity contribution in [3.63, 3.8) is 0 Å². The summed E-state index contributed by atoms with van der Waals surface area (Å²) in [5, 5.41) is 9.53. The van der Waals surface area contributed by atoms with Gasteiger partial charge in [-0.2, -0.15) is 0 Å². The molecule has 0 saturated carbocycles. The Bertz CT molecular complexity index is 585. The number of aryl methyl sites for hydroxylation is 1. The molecule has 6 heteroatoms. The van der Waals surface area contributed by atoms with Gasteiger partial charge in [0.2, 0.25) is 10.0 Å². The second kappa shape index (κ2) is 6.77. The number of nitrogens with one attached hydrogen (secondary N) is 1. The number of sulfonamides is 1. The number of rotatable bonds is 7. The van der Waals surface area contributed by atoms with Crippen molar-refractivity contribution in [2.75, 3.05) is 18.9 Å². The Balaban J connectivity index is 3.08. The van der Waals surface area contributed by atoms with Crippen LogP contribution in [0.3, 0.4) is 0 Å². The Morgan fingerprint density at radius 2 is 1.81 bits per heavy atom. The van der Waals surface area contributed by atoms with Crippen molar-refractivity contribution < 1.29 is 13.5 Å². The predicted octanol–water partition coefficient (Wildman–Crippen LogP) is 1.96. The monoisotopic (exact) mass is 314 g/mol. The first kappa shape index (κ1) is 17.9. The molecule has 0 bridgehead atoms. The van der Waals surface area contributed by atoms with Gasteiger partial charge in [-0.05, 0) is 49.9 Å². The molecule has 0 aromatic heterocycles. The highest BCUT2D eigenvalue weighted by atomic mass is 32.2. The van der Waals surface area contributed by atoms with Gasteiger partial charge in [0, 0.05) is 24.3 Å². The topological polar surface area (TPSA) is 92.4 Å². The summed E-state index contributed by atoms with van der Waals surface area (Å²) in [6.45, 7) is 7.67. The standard InChI is InChI=1S/C15H26N2O3S/c1-5-15(6-2,10-18)9-17-21(19,20)14-8-13(16)7-11(3)12(14)4/h7-8,17-18H,5-6,9-10,16H2,1-4H3. The summed E-state index contributed by atoms with van der Waals surface area (Å²) in [4.78, 5) is 0.207. The largest absolute Gasteiger partial charge is 0.399 e. The summed E-state index contributed by atoms with van der Waals surface area (Å²) in [7, 11) is -3.64. The number of hydrogen-bond donors (Lipinski definition) is 3. The average Bonchev–Trinajstić information content (AvgIpc) is 2.45. The second-order valence-electron chi connectivity index (χ2n) is 5.65. The molecular weight excluding hydrogens is 288 g/mol. The van der Waals surface area contributed by atoms with E-state index in [-0.39, 0.29) is 18.0 Å². The van der Waals surface area contributed by atoms with Gasteiger partial charge in [-0.3, -0.25) is 0 Å². The first-order chi connectivity index (χ1) is 9.71. The molecular formula is C15H26N2O3S. The van der Waals surface area contributed by atoms with Crippen molar-refractivity contribution in [1.82, 2.24) is 4.72 Å². The summed E-state index contributed by atoms with van der Waals surface area (Å²) >= 11 is 0. The van der Waals surface area contributed by atoms with E-state index in [1.54, 1.807) is 13.0 Å². The Labute approximate surface area is 127 Å². The molecule has 0 atom stereocenters. The molecule has 0 unspecified atom stereocenters. The molecule has 0 spiro atoms. The summed E-state index contributed by atoms with van der Waals surface area (Å²) in [6, 6.07) is 3.23. The molecule has 0 aliphatic rings. The van der Waals surface area contributed by atoms with Crippen molar-refractivity contribution >= 4 is 15.7 Å². The average molecular weight is 314 g/mol. The first-order valence-corrected chi connectivity index (χ1v) is 8.67. The fraction of sp³-hybridized carbons (Fsp3) is 0.600. The fourth-order valence-electron chi connectivity index (χ4n) is 2.24. The predicted molar refractivity (Wildman–Crippen MR) is 85.6 cm³/mol. The highest BCUT2D eigenvalue weighted by molar-refractivity contribution is 7.89. The van der Waals surface area contributed by atoms with Crippen LogP contribution in [0.1, 0.15) is 37.8 Å². The number of benzene rings is 1. The highest BCUT2D eigenvalue weighted by Gasteiger charge is 2.28. The molecule has 120 valence electrons. The van der Waals surface area contributed by atoms with Gasteiger partial charge in [0.1, 0.15) is 0 Å². The van der Waals surface area contributed by atoms with Crippen LogP contribution in [0.5, 0.6) is 0 Å². The van der Waals surface area contributed by atoms with Gasteiger partial charge in [-0.15, -0.1) is 0 Å². The lowest BCUT2D eigenvalue weighted by Gasteiger charge is -2.29. The molecule has 1 aromatic rings. The van der Waals surface area contributed by atoms with Crippen molar-refractivity contribution in [2.24, 2.45) is 5.41 Å². The number of aliphatic hydroxyl groups excluding tert-OH is 1. The molecule has 0 amide bonds. The smallest absolute Gasteiger partial charge is 0.240 e. The van der Waals surface area contributed by atoms with Crippen LogP contribution in [-0.2, 0) is 10.0 Å². The summed E-state index contributed by atoms with van der Waals surface area (Å²) in [5.41, 5.74) is 7.30. The third-order valence-corrected chi connectivity index (χ3v) is 5.93. The molecule has 21 heavy (non-hydrogen) atoms. The molecule has 0 radical (unpaired) electrons. The Morgan fingerprint density at radius 1 is 1.24 bits per heavy atom. The SMILES string of the molecule is CCC(CC)(CO)CNS(=O)(=O)c1cc(N)cc(C)c1C.